The molecular formula is C13H11BrClN3O. The molecule has 3 N–H and O–H groups in total. The number of carbonyl (C=O) groups excluding carboxylic acids is 1. The van der Waals surface area contributed by atoms with Crippen molar-refractivity contribution in [1.82, 2.24) is 0 Å². The predicted molar refractivity (Wildman–Crippen MR) is 79.5 cm³/mol. The maximum absolute atomic E-state index is 11.6. The number of aliphatic imine (C=N–C) groups is 1. The lowest BCUT2D eigenvalue weighted by molar-refractivity contribution is -0.115. The van der Waals surface area contributed by atoms with E-state index in [1.165, 1.54) is 6.20 Å². The molecule has 2 aliphatic heterocycles. The van der Waals surface area contributed by atoms with E-state index in [2.05, 4.69) is 26.2 Å². The van der Waals surface area contributed by atoms with E-state index in [1.807, 2.05) is 25.1 Å². The van der Waals surface area contributed by atoms with Gasteiger partial charge in [0.2, 0.25) is 5.91 Å². The quantitative estimate of drug-likeness (QED) is 0.825. The van der Waals surface area contributed by atoms with Crippen molar-refractivity contribution in [3.63, 3.8) is 0 Å². The molecular weight excluding hydrogens is 330 g/mol. The summed E-state index contributed by atoms with van der Waals surface area (Å²) in [6, 6.07) is 5.87. The summed E-state index contributed by atoms with van der Waals surface area (Å²) < 4.78 is 0.956. The number of halogens is 2. The Kier molecular flexibility index (Phi) is 2.73. The molecule has 3 rings (SSSR count). The van der Waals surface area contributed by atoms with Gasteiger partial charge >= 0.3 is 0 Å². The van der Waals surface area contributed by atoms with Crippen molar-refractivity contribution in [1.29, 1.82) is 0 Å². The zero-order chi connectivity index (χ0) is 13.8. The van der Waals surface area contributed by atoms with Gasteiger partial charge in [-0.05, 0) is 30.7 Å². The van der Waals surface area contributed by atoms with Crippen molar-refractivity contribution >= 4 is 44.3 Å². The molecule has 19 heavy (non-hydrogen) atoms. The minimum absolute atomic E-state index is 0.200. The number of amides is 1. The number of rotatable bonds is 1. The lowest BCUT2D eigenvalue weighted by Gasteiger charge is -2.34. The number of nitrogens with one attached hydrogen (secondary N) is 1. The Balaban J connectivity index is 2.21. The van der Waals surface area contributed by atoms with Crippen LogP contribution in [0.2, 0.25) is 0 Å². The summed E-state index contributed by atoms with van der Waals surface area (Å²) in [4.78, 5) is 15.7. The van der Waals surface area contributed by atoms with Crippen LogP contribution in [0.3, 0.4) is 0 Å². The zero-order valence-corrected chi connectivity index (χ0v) is 12.4. The molecule has 0 fully saturated rings. The summed E-state index contributed by atoms with van der Waals surface area (Å²) in [7, 11) is 0. The third-order valence-corrected chi connectivity index (χ3v) is 4.49. The summed E-state index contributed by atoms with van der Waals surface area (Å²) in [5.41, 5.74) is 7.20. The molecule has 0 spiro atoms. The lowest BCUT2D eigenvalue weighted by atomic mass is 9.78. The van der Waals surface area contributed by atoms with Crippen LogP contribution in [-0.2, 0) is 4.79 Å². The van der Waals surface area contributed by atoms with Crippen LogP contribution in [0.1, 0.15) is 18.4 Å². The van der Waals surface area contributed by atoms with Crippen molar-refractivity contribution in [2.24, 2.45) is 10.7 Å². The first-order valence-corrected chi connectivity index (χ1v) is 6.92. The average molecular weight is 341 g/mol. The van der Waals surface area contributed by atoms with Gasteiger partial charge in [0.25, 0.3) is 0 Å². The number of anilines is 1. The molecule has 4 nitrogen and oxygen atoms in total. The Morgan fingerprint density at radius 3 is 3.00 bits per heavy atom. The van der Waals surface area contributed by atoms with Gasteiger partial charge in [0, 0.05) is 16.4 Å². The summed E-state index contributed by atoms with van der Waals surface area (Å²) >= 11 is 9.70. The third kappa shape index (κ3) is 1.72. The fraction of sp³-hybridized carbons (Fsp3) is 0.231. The largest absolute Gasteiger partial charge is 0.374 e. The molecule has 2 heterocycles. The molecule has 0 bridgehead atoms. The lowest BCUT2D eigenvalue weighted by Crippen LogP contribution is -2.46. The second-order valence-electron chi connectivity index (χ2n) is 4.85. The molecule has 0 aromatic heterocycles. The first-order valence-electron chi connectivity index (χ1n) is 5.75. The van der Waals surface area contributed by atoms with E-state index in [1.54, 1.807) is 0 Å². The Bertz CT molecular complexity index is 655. The molecule has 1 aromatic carbocycles. The molecule has 2 unspecified atom stereocenters. The normalized spacial score (nSPS) is 27.8. The van der Waals surface area contributed by atoms with E-state index in [4.69, 9.17) is 17.3 Å². The van der Waals surface area contributed by atoms with Crippen molar-refractivity contribution in [3.8, 4) is 0 Å². The van der Waals surface area contributed by atoms with Crippen LogP contribution in [-0.4, -0.2) is 16.6 Å². The Morgan fingerprint density at radius 1 is 1.58 bits per heavy atom. The highest BCUT2D eigenvalue weighted by Gasteiger charge is 2.50. The number of hydrogen-bond donors (Lipinski definition) is 2. The highest BCUT2D eigenvalue weighted by molar-refractivity contribution is 9.10. The standard InChI is InChI=1S/C13H11BrClN3O/c1-13-8(12(16)19)5-17-11(15)10(13)7-4-6(14)2-3-9(7)18-13/h2-5,10,18H,1H3,(H2,16,19). The molecule has 1 aromatic rings. The van der Waals surface area contributed by atoms with Crippen LogP contribution in [0, 0.1) is 0 Å². The van der Waals surface area contributed by atoms with Crippen molar-refractivity contribution in [3.05, 3.63) is 40.0 Å². The second kappa shape index (κ2) is 4.08. The van der Waals surface area contributed by atoms with Crippen molar-refractivity contribution in [2.45, 2.75) is 18.4 Å². The van der Waals surface area contributed by atoms with E-state index in [-0.39, 0.29) is 5.92 Å². The topological polar surface area (TPSA) is 67.5 Å². The van der Waals surface area contributed by atoms with Crippen molar-refractivity contribution < 1.29 is 4.79 Å². The van der Waals surface area contributed by atoms with Gasteiger partial charge in [0.1, 0.15) is 5.17 Å². The molecule has 0 aliphatic carbocycles. The van der Waals surface area contributed by atoms with Gasteiger partial charge in [-0.15, -0.1) is 0 Å². The number of fused-ring (bicyclic) bond motifs is 3. The molecule has 6 heteroatoms. The van der Waals surface area contributed by atoms with Gasteiger partial charge in [-0.3, -0.25) is 4.79 Å². The highest BCUT2D eigenvalue weighted by atomic mass is 79.9. The van der Waals surface area contributed by atoms with E-state index in [0.717, 1.165) is 15.7 Å². The first-order chi connectivity index (χ1) is 8.93. The maximum atomic E-state index is 11.6. The Morgan fingerprint density at radius 2 is 2.32 bits per heavy atom. The molecule has 2 aliphatic rings. The SMILES string of the molecule is CC12Nc3ccc(Br)cc3C1C(Cl)=NC=C2C(N)=O. The monoisotopic (exact) mass is 339 g/mol. The number of carbonyl (C=O) groups is 1. The van der Waals surface area contributed by atoms with Gasteiger partial charge < -0.3 is 11.1 Å². The first kappa shape index (κ1) is 12.7. The third-order valence-electron chi connectivity index (χ3n) is 3.68. The van der Waals surface area contributed by atoms with E-state index in [0.29, 0.717) is 10.7 Å². The zero-order valence-electron chi connectivity index (χ0n) is 10.1. The van der Waals surface area contributed by atoms with Crippen LogP contribution in [0.15, 0.2) is 39.4 Å². The van der Waals surface area contributed by atoms with Crippen molar-refractivity contribution in [2.75, 3.05) is 5.32 Å². The van der Waals surface area contributed by atoms with Gasteiger partial charge in [0.15, 0.2) is 0 Å². The second-order valence-corrected chi connectivity index (χ2v) is 6.15. The molecule has 0 saturated heterocycles. The van der Waals surface area contributed by atoms with Gasteiger partial charge in [0.05, 0.1) is 17.0 Å². The minimum atomic E-state index is -0.645. The van der Waals surface area contributed by atoms with E-state index >= 15 is 0 Å². The molecule has 98 valence electrons. The molecule has 0 radical (unpaired) electrons. The fourth-order valence-electron chi connectivity index (χ4n) is 2.79. The summed E-state index contributed by atoms with van der Waals surface area (Å²) in [5, 5.41) is 3.80. The van der Waals surface area contributed by atoms with Crippen LogP contribution < -0.4 is 11.1 Å². The van der Waals surface area contributed by atoms with Crippen LogP contribution >= 0.6 is 27.5 Å². The summed E-state index contributed by atoms with van der Waals surface area (Å²) in [6.45, 7) is 1.92. The molecule has 0 saturated carbocycles. The minimum Gasteiger partial charge on any atom is -0.374 e. The number of primary amides is 1. The van der Waals surface area contributed by atoms with Crippen LogP contribution in [0.25, 0.3) is 0 Å². The number of nitrogens with zero attached hydrogens (tertiary/aromatic N) is 1. The Hall–Kier alpha value is -1.33. The summed E-state index contributed by atoms with van der Waals surface area (Å²) in [6.07, 6.45) is 1.45. The number of hydrogen-bond acceptors (Lipinski definition) is 3. The smallest absolute Gasteiger partial charge is 0.248 e. The van der Waals surface area contributed by atoms with Crippen LogP contribution in [0.4, 0.5) is 5.69 Å². The maximum Gasteiger partial charge on any atom is 0.248 e. The van der Waals surface area contributed by atoms with Gasteiger partial charge in [-0.2, -0.15) is 0 Å². The molecule has 1 amide bonds. The Labute approximate surface area is 123 Å². The summed E-state index contributed by atoms with van der Waals surface area (Å²) in [5.74, 6) is -0.686. The van der Waals surface area contributed by atoms with E-state index in [9.17, 15) is 4.79 Å². The number of benzene rings is 1. The van der Waals surface area contributed by atoms with E-state index < -0.39 is 11.4 Å². The van der Waals surface area contributed by atoms with Gasteiger partial charge in [-0.1, -0.05) is 27.5 Å². The fourth-order valence-corrected chi connectivity index (χ4v) is 3.56. The average Bonchev–Trinajstić information content (AvgIpc) is 2.61. The van der Waals surface area contributed by atoms with Crippen LogP contribution in [0.5, 0.6) is 0 Å². The predicted octanol–water partition coefficient (Wildman–Crippen LogP) is 2.74. The highest BCUT2D eigenvalue weighted by Crippen LogP contribution is 2.50. The molecule has 2 atom stereocenters. The van der Waals surface area contributed by atoms with Gasteiger partial charge in [-0.25, -0.2) is 4.99 Å². The number of nitrogens with two attached hydrogens (primary N) is 1.